The first-order chi connectivity index (χ1) is 11.3. The normalized spacial score (nSPS) is 33.0. The number of hydrogen-bond acceptors (Lipinski definition) is 2. The smallest absolute Gasteiger partial charge is 0.0945 e. The van der Waals surface area contributed by atoms with E-state index in [0.29, 0.717) is 11.8 Å². The van der Waals surface area contributed by atoms with Crippen molar-refractivity contribution in [2.75, 3.05) is 19.6 Å². The molecule has 4 atom stereocenters. The predicted octanol–water partition coefficient (Wildman–Crippen LogP) is 3.78. The molecule has 3 unspecified atom stereocenters. The van der Waals surface area contributed by atoms with E-state index < -0.39 is 5.60 Å². The van der Waals surface area contributed by atoms with Crippen LogP contribution in [0.3, 0.4) is 0 Å². The Balaban J connectivity index is 1.55. The first kappa shape index (κ1) is 15.4. The second-order valence-electron chi connectivity index (χ2n) is 7.61. The van der Waals surface area contributed by atoms with Crippen LogP contribution in [0.4, 0.5) is 0 Å². The van der Waals surface area contributed by atoms with Crippen LogP contribution in [-0.2, 0) is 5.60 Å². The summed E-state index contributed by atoms with van der Waals surface area (Å²) in [7, 11) is 0. The Morgan fingerprint density at radius 2 is 1.83 bits per heavy atom. The van der Waals surface area contributed by atoms with Crippen LogP contribution in [-0.4, -0.2) is 29.6 Å². The van der Waals surface area contributed by atoms with E-state index in [4.69, 9.17) is 0 Å². The summed E-state index contributed by atoms with van der Waals surface area (Å²) in [6, 6.07) is 10.4. The van der Waals surface area contributed by atoms with Gasteiger partial charge in [0.05, 0.1) is 5.60 Å². The van der Waals surface area contributed by atoms with Crippen LogP contribution in [0.25, 0.3) is 0 Å². The number of nitrogens with zero attached hydrogens (tertiary/aromatic N) is 1. The SMILES string of the molecule is O[C@@](CCN1CCCCC1)(c1ccccc1)C1[CH]C2C=CC1C2. The molecule has 1 heterocycles. The molecule has 2 heteroatoms. The second kappa shape index (κ2) is 6.41. The lowest BCUT2D eigenvalue weighted by Crippen LogP contribution is -2.42. The minimum atomic E-state index is -0.719. The molecule has 1 saturated heterocycles. The van der Waals surface area contributed by atoms with Gasteiger partial charge in [-0.2, -0.15) is 0 Å². The van der Waals surface area contributed by atoms with Gasteiger partial charge in [-0.15, -0.1) is 0 Å². The van der Waals surface area contributed by atoms with E-state index in [0.717, 1.165) is 18.5 Å². The highest BCUT2D eigenvalue weighted by atomic mass is 16.3. The van der Waals surface area contributed by atoms with Crippen molar-refractivity contribution in [3.63, 3.8) is 0 Å². The molecular weight excluding hydrogens is 282 g/mol. The minimum Gasteiger partial charge on any atom is -0.385 e. The molecule has 1 saturated carbocycles. The zero-order chi connectivity index (χ0) is 15.7. The summed E-state index contributed by atoms with van der Waals surface area (Å²) in [6.07, 6.45) is 13.1. The van der Waals surface area contributed by atoms with E-state index in [1.165, 1.54) is 38.8 Å². The van der Waals surface area contributed by atoms with E-state index >= 15 is 0 Å². The van der Waals surface area contributed by atoms with E-state index in [-0.39, 0.29) is 5.92 Å². The Kier molecular flexibility index (Phi) is 4.29. The summed E-state index contributed by atoms with van der Waals surface area (Å²) >= 11 is 0. The van der Waals surface area contributed by atoms with Gasteiger partial charge in [0.2, 0.25) is 0 Å². The third-order valence-electron chi connectivity index (χ3n) is 6.15. The van der Waals surface area contributed by atoms with Crippen molar-refractivity contribution in [2.45, 2.75) is 37.7 Å². The van der Waals surface area contributed by atoms with Crippen LogP contribution in [0, 0.1) is 24.2 Å². The standard InChI is InChI=1S/C21H28NO/c23-21(19-7-3-1-4-8-19,11-14-22-12-5-2-6-13-22)20-16-17-9-10-18(20)15-17/h1,3-4,7-10,16-18,20,23H,2,5-6,11-15H2/t17?,18?,20?,21-/m0/s1. The van der Waals surface area contributed by atoms with Gasteiger partial charge in [0, 0.05) is 12.5 Å². The third-order valence-corrected chi connectivity index (χ3v) is 6.15. The molecule has 123 valence electrons. The summed E-state index contributed by atoms with van der Waals surface area (Å²) in [5.74, 6) is 1.37. The largest absolute Gasteiger partial charge is 0.385 e. The first-order valence-corrected chi connectivity index (χ1v) is 9.29. The minimum absolute atomic E-state index is 0.268. The highest BCUT2D eigenvalue weighted by Gasteiger charge is 2.48. The number of fused-ring (bicyclic) bond motifs is 2. The topological polar surface area (TPSA) is 23.5 Å². The lowest BCUT2D eigenvalue weighted by Gasteiger charge is -2.40. The van der Waals surface area contributed by atoms with Crippen molar-refractivity contribution in [1.29, 1.82) is 0 Å². The van der Waals surface area contributed by atoms with Crippen molar-refractivity contribution < 1.29 is 5.11 Å². The van der Waals surface area contributed by atoms with Gasteiger partial charge in [0.15, 0.2) is 0 Å². The Bertz CT molecular complexity index is 548. The lowest BCUT2D eigenvalue weighted by atomic mass is 9.72. The van der Waals surface area contributed by atoms with Crippen LogP contribution < -0.4 is 0 Å². The van der Waals surface area contributed by atoms with E-state index in [9.17, 15) is 5.11 Å². The second-order valence-corrected chi connectivity index (χ2v) is 7.61. The monoisotopic (exact) mass is 310 g/mol. The zero-order valence-electron chi connectivity index (χ0n) is 13.9. The molecule has 1 aliphatic heterocycles. The van der Waals surface area contributed by atoms with Crippen LogP contribution in [0.2, 0.25) is 0 Å². The van der Waals surface area contributed by atoms with Crippen LogP contribution in [0.15, 0.2) is 42.5 Å². The highest BCUT2D eigenvalue weighted by Crippen LogP contribution is 2.51. The maximum atomic E-state index is 11.7. The van der Waals surface area contributed by atoms with Crippen molar-refractivity contribution in [3.05, 3.63) is 54.5 Å². The van der Waals surface area contributed by atoms with Crippen LogP contribution >= 0.6 is 0 Å². The molecule has 2 fully saturated rings. The Hall–Kier alpha value is -1.12. The molecule has 4 rings (SSSR count). The summed E-state index contributed by atoms with van der Waals surface area (Å²) < 4.78 is 0. The molecule has 2 nitrogen and oxygen atoms in total. The van der Waals surface area contributed by atoms with E-state index in [1.54, 1.807) is 0 Å². The summed E-state index contributed by atoms with van der Waals surface area (Å²) in [5.41, 5.74) is 0.377. The molecular formula is C21H28NO. The fourth-order valence-corrected chi connectivity index (χ4v) is 4.83. The molecule has 0 aromatic heterocycles. The maximum Gasteiger partial charge on any atom is 0.0945 e. The van der Waals surface area contributed by atoms with Gasteiger partial charge in [-0.25, -0.2) is 0 Å². The quantitative estimate of drug-likeness (QED) is 0.837. The van der Waals surface area contributed by atoms with E-state index in [2.05, 4.69) is 47.7 Å². The van der Waals surface area contributed by atoms with Crippen molar-refractivity contribution in [3.8, 4) is 0 Å². The number of allylic oxidation sites excluding steroid dienone is 2. The molecule has 1 aromatic carbocycles. The molecule has 1 aromatic rings. The van der Waals surface area contributed by atoms with Gasteiger partial charge in [-0.3, -0.25) is 0 Å². The highest BCUT2D eigenvalue weighted by molar-refractivity contribution is 5.30. The van der Waals surface area contributed by atoms with Gasteiger partial charge in [-0.05, 0) is 62.6 Å². The molecule has 0 spiro atoms. The first-order valence-electron chi connectivity index (χ1n) is 9.29. The third kappa shape index (κ3) is 2.99. The van der Waals surface area contributed by atoms with E-state index in [1.807, 2.05) is 6.07 Å². The number of rotatable bonds is 5. The van der Waals surface area contributed by atoms with Gasteiger partial charge < -0.3 is 10.0 Å². The number of benzene rings is 1. The Morgan fingerprint density at radius 3 is 2.48 bits per heavy atom. The molecule has 1 radical (unpaired) electrons. The predicted molar refractivity (Wildman–Crippen MR) is 93.8 cm³/mol. The van der Waals surface area contributed by atoms with Crippen molar-refractivity contribution >= 4 is 0 Å². The maximum absolute atomic E-state index is 11.7. The number of hydrogen-bond donors (Lipinski definition) is 1. The summed E-state index contributed by atoms with van der Waals surface area (Å²) in [4.78, 5) is 2.54. The lowest BCUT2D eigenvalue weighted by molar-refractivity contribution is -0.0365. The zero-order valence-corrected chi connectivity index (χ0v) is 13.9. The summed E-state index contributed by atoms with van der Waals surface area (Å²) in [5, 5.41) is 11.7. The molecule has 0 amide bonds. The van der Waals surface area contributed by atoms with Gasteiger partial charge in [0.1, 0.15) is 0 Å². The molecule has 23 heavy (non-hydrogen) atoms. The Morgan fingerprint density at radius 1 is 1.04 bits per heavy atom. The van der Waals surface area contributed by atoms with Gasteiger partial charge in [-0.1, -0.05) is 48.9 Å². The fraction of sp³-hybridized carbons (Fsp3) is 0.571. The molecule has 2 aliphatic carbocycles. The number of aliphatic hydroxyl groups is 1. The van der Waals surface area contributed by atoms with Crippen LogP contribution in [0.1, 0.15) is 37.7 Å². The number of piperidine rings is 1. The van der Waals surface area contributed by atoms with Gasteiger partial charge >= 0.3 is 0 Å². The fourth-order valence-electron chi connectivity index (χ4n) is 4.83. The average molecular weight is 310 g/mol. The molecule has 3 aliphatic rings. The molecule has 2 bridgehead atoms. The van der Waals surface area contributed by atoms with Crippen LogP contribution in [0.5, 0.6) is 0 Å². The van der Waals surface area contributed by atoms with Gasteiger partial charge in [0.25, 0.3) is 0 Å². The van der Waals surface area contributed by atoms with Crippen molar-refractivity contribution in [1.82, 2.24) is 4.90 Å². The number of likely N-dealkylation sites (tertiary alicyclic amines) is 1. The van der Waals surface area contributed by atoms with Crippen molar-refractivity contribution in [2.24, 2.45) is 17.8 Å². The molecule has 1 N–H and O–H groups in total. The Labute approximate surface area is 140 Å². The summed E-state index contributed by atoms with van der Waals surface area (Å²) in [6.45, 7) is 3.41. The average Bonchev–Trinajstić information content (AvgIpc) is 3.25.